The number of ether oxygens (including phenoxy) is 1. The first kappa shape index (κ1) is 19.3. The Morgan fingerprint density at radius 2 is 1.89 bits per heavy atom. The van der Waals surface area contributed by atoms with E-state index in [1.165, 1.54) is 13.2 Å². The van der Waals surface area contributed by atoms with Gasteiger partial charge < -0.3 is 10.1 Å². The van der Waals surface area contributed by atoms with Crippen molar-refractivity contribution in [2.75, 3.05) is 12.4 Å². The molecule has 148 valence electrons. The van der Waals surface area contributed by atoms with Crippen molar-refractivity contribution in [3.63, 3.8) is 0 Å². The van der Waals surface area contributed by atoms with Crippen molar-refractivity contribution >= 4 is 23.2 Å². The van der Waals surface area contributed by atoms with Crippen molar-refractivity contribution < 1.29 is 31.9 Å². The zero-order chi connectivity index (χ0) is 20.6. The lowest BCUT2D eigenvalue weighted by Gasteiger charge is -2.06. The average Bonchev–Trinajstić information content (AvgIpc) is 3.23. The van der Waals surface area contributed by atoms with E-state index in [4.69, 9.17) is 0 Å². The number of carbonyl (C=O) groups is 2. The topological polar surface area (TPSA) is 103 Å². The highest BCUT2D eigenvalue weighted by atomic mass is 19.3. The highest BCUT2D eigenvalue weighted by Crippen LogP contribution is 2.25. The Kier molecular flexibility index (Phi) is 4.98. The van der Waals surface area contributed by atoms with E-state index >= 15 is 0 Å². The highest BCUT2D eigenvalue weighted by Gasteiger charge is 2.24. The zero-order valence-electron chi connectivity index (χ0n) is 14.4. The van der Waals surface area contributed by atoms with Gasteiger partial charge in [0.2, 0.25) is 0 Å². The predicted molar refractivity (Wildman–Crippen MR) is 85.4 cm³/mol. The van der Waals surface area contributed by atoms with E-state index < -0.39 is 36.1 Å². The number of esters is 1. The number of fused-ring (bicyclic) bond motifs is 1. The van der Waals surface area contributed by atoms with Crippen LogP contribution in [0.1, 0.15) is 45.2 Å². The third-order valence-corrected chi connectivity index (χ3v) is 3.72. The number of aromatic nitrogens is 5. The summed E-state index contributed by atoms with van der Waals surface area (Å²) in [5.74, 6) is -1.66. The number of nitrogens with one attached hydrogen (secondary N) is 1. The fourth-order valence-electron chi connectivity index (χ4n) is 2.45. The SMILES string of the molecule is COC(=O)c1c(NC(=O)c2cc3nc(C(F)F)cc(C(F)F)n3n2)cnn1C. The van der Waals surface area contributed by atoms with Gasteiger partial charge in [-0.3, -0.25) is 9.48 Å². The minimum Gasteiger partial charge on any atom is -0.464 e. The van der Waals surface area contributed by atoms with Crippen LogP contribution in [0.25, 0.3) is 5.65 Å². The molecule has 0 atom stereocenters. The molecule has 1 amide bonds. The molecule has 0 aliphatic carbocycles. The number of hydrogen-bond acceptors (Lipinski definition) is 6. The zero-order valence-corrected chi connectivity index (χ0v) is 14.4. The number of halogens is 4. The molecule has 3 heterocycles. The smallest absolute Gasteiger partial charge is 0.358 e. The molecule has 3 aromatic rings. The Bertz CT molecular complexity index is 1060. The van der Waals surface area contributed by atoms with Gasteiger partial charge in [-0.05, 0) is 6.07 Å². The van der Waals surface area contributed by atoms with Gasteiger partial charge in [0.1, 0.15) is 11.4 Å². The Hall–Kier alpha value is -3.51. The number of carbonyl (C=O) groups excluding carboxylic acids is 2. The molecular formula is C15H12F4N6O3. The molecule has 0 saturated carbocycles. The molecular weight excluding hydrogens is 388 g/mol. The van der Waals surface area contributed by atoms with Crippen LogP contribution in [-0.2, 0) is 11.8 Å². The first-order chi connectivity index (χ1) is 13.2. The molecule has 0 aliphatic rings. The molecule has 28 heavy (non-hydrogen) atoms. The van der Waals surface area contributed by atoms with Crippen LogP contribution in [0, 0.1) is 0 Å². The van der Waals surface area contributed by atoms with E-state index in [9.17, 15) is 27.2 Å². The molecule has 0 spiro atoms. The van der Waals surface area contributed by atoms with E-state index in [0.717, 1.165) is 17.9 Å². The minimum absolute atomic E-state index is 0.00767. The Morgan fingerprint density at radius 1 is 1.18 bits per heavy atom. The van der Waals surface area contributed by atoms with Crippen LogP contribution >= 0.6 is 0 Å². The number of hydrogen-bond donors (Lipinski definition) is 1. The molecule has 3 aromatic heterocycles. The molecule has 3 rings (SSSR count). The van der Waals surface area contributed by atoms with E-state index in [1.807, 2.05) is 0 Å². The Labute approximate surface area is 153 Å². The van der Waals surface area contributed by atoms with Crippen LogP contribution in [0.5, 0.6) is 0 Å². The second-order valence-corrected chi connectivity index (χ2v) is 5.48. The number of anilines is 1. The van der Waals surface area contributed by atoms with Crippen molar-refractivity contribution in [3.05, 3.63) is 41.1 Å². The van der Waals surface area contributed by atoms with E-state index in [-0.39, 0.29) is 22.7 Å². The molecule has 0 aromatic carbocycles. The summed E-state index contributed by atoms with van der Waals surface area (Å²) in [6.07, 6.45) is -5.02. The monoisotopic (exact) mass is 400 g/mol. The van der Waals surface area contributed by atoms with Crippen molar-refractivity contribution in [2.24, 2.45) is 7.05 Å². The number of aryl methyl sites for hydroxylation is 1. The number of rotatable bonds is 5. The molecule has 0 aliphatic heterocycles. The van der Waals surface area contributed by atoms with Crippen LogP contribution in [-0.4, -0.2) is 43.4 Å². The fraction of sp³-hybridized carbons (Fsp3) is 0.267. The third kappa shape index (κ3) is 3.37. The molecule has 0 radical (unpaired) electrons. The number of nitrogens with zero attached hydrogens (tertiary/aromatic N) is 5. The van der Waals surface area contributed by atoms with Crippen LogP contribution in [0.3, 0.4) is 0 Å². The van der Waals surface area contributed by atoms with Crippen molar-refractivity contribution in [1.29, 1.82) is 0 Å². The molecule has 13 heteroatoms. The van der Waals surface area contributed by atoms with Crippen LogP contribution in [0.2, 0.25) is 0 Å². The summed E-state index contributed by atoms with van der Waals surface area (Å²) in [6, 6.07) is 1.49. The lowest BCUT2D eigenvalue weighted by molar-refractivity contribution is 0.0589. The van der Waals surface area contributed by atoms with E-state index in [0.29, 0.717) is 10.6 Å². The lowest BCUT2D eigenvalue weighted by Crippen LogP contribution is -2.17. The van der Waals surface area contributed by atoms with Gasteiger partial charge in [0.25, 0.3) is 18.8 Å². The van der Waals surface area contributed by atoms with Gasteiger partial charge in [-0.2, -0.15) is 10.2 Å². The van der Waals surface area contributed by atoms with Crippen LogP contribution in [0.4, 0.5) is 23.2 Å². The number of amides is 1. The van der Waals surface area contributed by atoms with Crippen LogP contribution < -0.4 is 5.32 Å². The van der Waals surface area contributed by atoms with Gasteiger partial charge in [-0.15, -0.1) is 0 Å². The first-order valence-electron chi connectivity index (χ1n) is 7.61. The maximum Gasteiger partial charge on any atom is 0.358 e. The summed E-state index contributed by atoms with van der Waals surface area (Å²) in [5.41, 5.74) is -2.50. The van der Waals surface area contributed by atoms with Gasteiger partial charge in [-0.25, -0.2) is 31.9 Å². The van der Waals surface area contributed by atoms with Crippen molar-refractivity contribution in [1.82, 2.24) is 24.4 Å². The maximum absolute atomic E-state index is 13.2. The summed E-state index contributed by atoms with van der Waals surface area (Å²) in [7, 11) is 2.58. The van der Waals surface area contributed by atoms with E-state index in [1.54, 1.807) is 0 Å². The molecule has 9 nitrogen and oxygen atoms in total. The normalized spacial score (nSPS) is 11.4. The Morgan fingerprint density at radius 3 is 2.50 bits per heavy atom. The van der Waals surface area contributed by atoms with Gasteiger partial charge in [0.05, 0.1) is 19.0 Å². The number of alkyl halides is 4. The largest absolute Gasteiger partial charge is 0.464 e. The average molecular weight is 400 g/mol. The number of methoxy groups -OCH3 is 1. The summed E-state index contributed by atoms with van der Waals surface area (Å²) in [4.78, 5) is 27.7. The quantitative estimate of drug-likeness (QED) is 0.521. The van der Waals surface area contributed by atoms with Crippen LogP contribution in [0.15, 0.2) is 18.3 Å². The molecule has 0 saturated heterocycles. The molecule has 0 fully saturated rings. The van der Waals surface area contributed by atoms with Gasteiger partial charge in [-0.1, -0.05) is 0 Å². The summed E-state index contributed by atoms with van der Waals surface area (Å²) >= 11 is 0. The molecule has 1 N–H and O–H groups in total. The highest BCUT2D eigenvalue weighted by molar-refractivity contribution is 6.06. The predicted octanol–water partition coefficient (Wildman–Crippen LogP) is 2.38. The summed E-state index contributed by atoms with van der Waals surface area (Å²) in [5, 5.41) is 9.88. The maximum atomic E-state index is 13.2. The standard InChI is InChI=1S/C15H12F4N6O3/c1-24-11(15(27)28-2)8(5-20-24)22-14(26)7-4-10-21-6(12(16)17)3-9(13(18)19)25(10)23-7/h3-5,12-13H,1-2H3,(H,22,26). The molecule has 0 bridgehead atoms. The van der Waals surface area contributed by atoms with Gasteiger partial charge >= 0.3 is 5.97 Å². The van der Waals surface area contributed by atoms with Gasteiger partial charge in [0.15, 0.2) is 17.0 Å². The summed E-state index contributed by atoms with van der Waals surface area (Å²) < 4.78 is 58.5. The lowest BCUT2D eigenvalue weighted by atomic mass is 10.3. The van der Waals surface area contributed by atoms with Gasteiger partial charge in [0, 0.05) is 13.1 Å². The second-order valence-electron chi connectivity index (χ2n) is 5.48. The first-order valence-corrected chi connectivity index (χ1v) is 7.61. The minimum atomic E-state index is -3.12. The second kappa shape index (κ2) is 7.25. The fourth-order valence-corrected chi connectivity index (χ4v) is 2.45. The van der Waals surface area contributed by atoms with Crippen molar-refractivity contribution in [2.45, 2.75) is 12.9 Å². The summed E-state index contributed by atoms with van der Waals surface area (Å²) in [6.45, 7) is 0. The Balaban J connectivity index is 1.99. The molecule has 0 unspecified atom stereocenters. The third-order valence-electron chi connectivity index (χ3n) is 3.72. The van der Waals surface area contributed by atoms with Crippen molar-refractivity contribution in [3.8, 4) is 0 Å². The van der Waals surface area contributed by atoms with E-state index in [2.05, 4.69) is 25.2 Å².